The standard InChI is InChI=1S/C15H20N4O2/c1-18(9-12-3-5-13(21-2)6-4-12)15(20)14-10-19(8-7-16)11-17-14/h3-6,10-11H,7-9,16H2,1-2H3. The third-order valence-electron chi connectivity index (χ3n) is 3.17. The van der Waals surface area contributed by atoms with E-state index in [1.54, 1.807) is 31.6 Å². The smallest absolute Gasteiger partial charge is 0.274 e. The fourth-order valence-electron chi connectivity index (χ4n) is 2.01. The number of nitrogens with zero attached hydrogens (tertiary/aromatic N) is 3. The van der Waals surface area contributed by atoms with Crippen LogP contribution in [0, 0.1) is 0 Å². The predicted molar refractivity (Wildman–Crippen MR) is 80.1 cm³/mol. The lowest BCUT2D eigenvalue weighted by atomic mass is 10.2. The van der Waals surface area contributed by atoms with Gasteiger partial charge in [0.1, 0.15) is 11.4 Å². The van der Waals surface area contributed by atoms with Crippen molar-refractivity contribution in [3.8, 4) is 5.75 Å². The maximum Gasteiger partial charge on any atom is 0.274 e. The van der Waals surface area contributed by atoms with Gasteiger partial charge in [0.05, 0.1) is 13.4 Å². The van der Waals surface area contributed by atoms with Crippen molar-refractivity contribution >= 4 is 5.91 Å². The highest BCUT2D eigenvalue weighted by atomic mass is 16.5. The van der Waals surface area contributed by atoms with E-state index in [9.17, 15) is 4.79 Å². The van der Waals surface area contributed by atoms with Crippen LogP contribution >= 0.6 is 0 Å². The summed E-state index contributed by atoms with van der Waals surface area (Å²) < 4.78 is 6.93. The zero-order chi connectivity index (χ0) is 15.2. The molecular weight excluding hydrogens is 268 g/mol. The number of methoxy groups -OCH3 is 1. The summed E-state index contributed by atoms with van der Waals surface area (Å²) in [5.74, 6) is 0.690. The van der Waals surface area contributed by atoms with Gasteiger partial charge in [-0.05, 0) is 17.7 Å². The van der Waals surface area contributed by atoms with E-state index < -0.39 is 0 Å². The molecule has 0 unspecified atom stereocenters. The van der Waals surface area contributed by atoms with Crippen LogP contribution in [0.15, 0.2) is 36.8 Å². The van der Waals surface area contributed by atoms with E-state index in [2.05, 4.69) is 4.98 Å². The molecule has 2 rings (SSSR count). The quantitative estimate of drug-likeness (QED) is 0.864. The molecule has 2 N–H and O–H groups in total. The summed E-state index contributed by atoms with van der Waals surface area (Å²) in [7, 11) is 3.39. The van der Waals surface area contributed by atoms with Crippen molar-refractivity contribution < 1.29 is 9.53 Å². The first kappa shape index (κ1) is 15.1. The molecule has 6 nitrogen and oxygen atoms in total. The average molecular weight is 288 g/mol. The maximum atomic E-state index is 12.3. The second-order valence-electron chi connectivity index (χ2n) is 4.79. The molecule has 0 spiro atoms. The first-order chi connectivity index (χ1) is 10.1. The van der Waals surface area contributed by atoms with Crippen LogP contribution in [0.2, 0.25) is 0 Å². The van der Waals surface area contributed by atoms with Gasteiger partial charge in [-0.15, -0.1) is 0 Å². The summed E-state index contributed by atoms with van der Waals surface area (Å²) in [6, 6.07) is 7.64. The van der Waals surface area contributed by atoms with E-state index in [4.69, 9.17) is 10.5 Å². The minimum absolute atomic E-state index is 0.110. The molecule has 112 valence electrons. The molecule has 1 aromatic heterocycles. The molecule has 0 aliphatic heterocycles. The van der Waals surface area contributed by atoms with Crippen molar-refractivity contribution in [1.29, 1.82) is 0 Å². The number of nitrogens with two attached hydrogens (primary N) is 1. The minimum atomic E-state index is -0.110. The van der Waals surface area contributed by atoms with Gasteiger partial charge in [-0.2, -0.15) is 0 Å². The number of hydrogen-bond acceptors (Lipinski definition) is 4. The van der Waals surface area contributed by atoms with Crippen molar-refractivity contribution in [1.82, 2.24) is 14.5 Å². The Morgan fingerprint density at radius 3 is 2.71 bits per heavy atom. The monoisotopic (exact) mass is 288 g/mol. The highest BCUT2D eigenvalue weighted by Crippen LogP contribution is 2.13. The van der Waals surface area contributed by atoms with Crippen LogP contribution in [0.1, 0.15) is 16.1 Å². The lowest BCUT2D eigenvalue weighted by Crippen LogP contribution is -2.26. The number of aromatic nitrogens is 2. The van der Waals surface area contributed by atoms with Crippen LogP contribution in [0.3, 0.4) is 0 Å². The van der Waals surface area contributed by atoms with Gasteiger partial charge in [0.15, 0.2) is 0 Å². The lowest BCUT2D eigenvalue weighted by molar-refractivity contribution is 0.0779. The van der Waals surface area contributed by atoms with Crippen LogP contribution in [-0.2, 0) is 13.1 Å². The number of rotatable bonds is 6. The van der Waals surface area contributed by atoms with Crippen LogP contribution in [0.4, 0.5) is 0 Å². The van der Waals surface area contributed by atoms with Crippen molar-refractivity contribution in [2.24, 2.45) is 5.73 Å². The third kappa shape index (κ3) is 3.82. The second kappa shape index (κ2) is 6.90. The van der Waals surface area contributed by atoms with E-state index >= 15 is 0 Å². The third-order valence-corrected chi connectivity index (χ3v) is 3.17. The first-order valence-corrected chi connectivity index (χ1v) is 6.74. The summed E-state index contributed by atoms with van der Waals surface area (Å²) in [5.41, 5.74) is 6.94. The van der Waals surface area contributed by atoms with Crippen molar-refractivity contribution in [3.05, 3.63) is 48.0 Å². The van der Waals surface area contributed by atoms with E-state index in [0.29, 0.717) is 25.3 Å². The van der Waals surface area contributed by atoms with Gasteiger partial charge in [0.2, 0.25) is 0 Å². The Hall–Kier alpha value is -2.34. The van der Waals surface area contributed by atoms with Crippen LogP contribution < -0.4 is 10.5 Å². The molecule has 1 heterocycles. The zero-order valence-corrected chi connectivity index (χ0v) is 12.3. The summed E-state index contributed by atoms with van der Waals surface area (Å²) in [5, 5.41) is 0. The molecule has 6 heteroatoms. The number of benzene rings is 1. The Morgan fingerprint density at radius 1 is 1.38 bits per heavy atom. The summed E-state index contributed by atoms with van der Waals surface area (Å²) in [6.07, 6.45) is 3.35. The van der Waals surface area contributed by atoms with E-state index in [0.717, 1.165) is 11.3 Å². The molecule has 2 aromatic rings. The fourth-order valence-corrected chi connectivity index (χ4v) is 2.01. The molecule has 0 saturated carbocycles. The largest absolute Gasteiger partial charge is 0.497 e. The van der Waals surface area contributed by atoms with Crippen molar-refractivity contribution in [3.63, 3.8) is 0 Å². The van der Waals surface area contributed by atoms with Crippen molar-refractivity contribution in [2.45, 2.75) is 13.1 Å². The molecule has 0 radical (unpaired) electrons. The molecule has 0 saturated heterocycles. The topological polar surface area (TPSA) is 73.4 Å². The van der Waals surface area contributed by atoms with Crippen LogP contribution in [0.5, 0.6) is 5.75 Å². The average Bonchev–Trinajstić information content (AvgIpc) is 2.96. The first-order valence-electron chi connectivity index (χ1n) is 6.74. The fraction of sp³-hybridized carbons (Fsp3) is 0.333. The van der Waals surface area contributed by atoms with Gasteiger partial charge < -0.3 is 19.9 Å². The van der Waals surface area contributed by atoms with Crippen LogP contribution in [-0.4, -0.2) is 41.1 Å². The number of carbonyl (C=O) groups excluding carboxylic acids is 1. The van der Waals surface area contributed by atoms with Crippen LogP contribution in [0.25, 0.3) is 0 Å². The molecular formula is C15H20N4O2. The van der Waals surface area contributed by atoms with Gasteiger partial charge in [0, 0.05) is 32.9 Å². The molecule has 0 atom stereocenters. The minimum Gasteiger partial charge on any atom is -0.497 e. The number of carbonyl (C=O) groups is 1. The van der Waals surface area contributed by atoms with Gasteiger partial charge >= 0.3 is 0 Å². The Labute approximate surface area is 124 Å². The predicted octanol–water partition coefficient (Wildman–Crippen LogP) is 1.12. The number of imidazole rings is 1. The number of amides is 1. The SMILES string of the molecule is COc1ccc(CN(C)C(=O)c2cn(CCN)cn2)cc1. The summed E-state index contributed by atoms with van der Waals surface area (Å²) in [4.78, 5) is 18.0. The maximum absolute atomic E-state index is 12.3. The molecule has 0 bridgehead atoms. The molecule has 1 aromatic carbocycles. The highest BCUT2D eigenvalue weighted by molar-refractivity contribution is 5.91. The molecule has 0 aliphatic rings. The van der Waals surface area contributed by atoms with Gasteiger partial charge in [0.25, 0.3) is 5.91 Å². The van der Waals surface area contributed by atoms with Gasteiger partial charge in [-0.25, -0.2) is 4.98 Å². The lowest BCUT2D eigenvalue weighted by Gasteiger charge is -2.16. The van der Waals surface area contributed by atoms with Gasteiger partial charge in [-0.1, -0.05) is 12.1 Å². The Morgan fingerprint density at radius 2 is 2.10 bits per heavy atom. The molecule has 21 heavy (non-hydrogen) atoms. The molecule has 0 aliphatic carbocycles. The second-order valence-corrected chi connectivity index (χ2v) is 4.79. The highest BCUT2D eigenvalue weighted by Gasteiger charge is 2.14. The Kier molecular flexibility index (Phi) is 4.94. The zero-order valence-electron chi connectivity index (χ0n) is 12.3. The number of hydrogen-bond donors (Lipinski definition) is 1. The summed E-state index contributed by atoms with van der Waals surface area (Å²) >= 11 is 0. The van der Waals surface area contributed by atoms with Crippen molar-refractivity contribution in [2.75, 3.05) is 20.7 Å². The van der Waals surface area contributed by atoms with E-state index in [-0.39, 0.29) is 5.91 Å². The molecule has 1 amide bonds. The molecule has 0 fully saturated rings. The Balaban J connectivity index is 2.00. The Bertz CT molecular complexity index is 592. The van der Waals surface area contributed by atoms with E-state index in [1.165, 1.54) is 0 Å². The van der Waals surface area contributed by atoms with E-state index in [1.807, 2.05) is 28.8 Å². The number of ether oxygens (including phenoxy) is 1. The summed E-state index contributed by atoms with van der Waals surface area (Å²) in [6.45, 7) is 1.70. The van der Waals surface area contributed by atoms with Gasteiger partial charge in [-0.3, -0.25) is 4.79 Å². The normalized spacial score (nSPS) is 10.4.